The van der Waals surface area contributed by atoms with E-state index in [4.69, 9.17) is 5.11 Å². The molecule has 0 fully saturated rings. The van der Waals surface area contributed by atoms with E-state index in [1.807, 2.05) is 0 Å². The van der Waals surface area contributed by atoms with Gasteiger partial charge in [0.15, 0.2) is 0 Å². The highest BCUT2D eigenvalue weighted by Gasteiger charge is 2.15. The molecule has 140 valence electrons. The molecule has 0 saturated carbocycles. The number of aromatic carboxylic acids is 1. The Labute approximate surface area is 151 Å². The molecule has 0 unspecified atom stereocenters. The van der Waals surface area contributed by atoms with Crippen molar-refractivity contribution in [2.24, 2.45) is 0 Å². The van der Waals surface area contributed by atoms with Gasteiger partial charge in [0.25, 0.3) is 5.91 Å². The molecule has 0 atom stereocenters. The number of aromatic nitrogens is 1. The molecule has 1 amide bonds. The fourth-order valence-corrected chi connectivity index (χ4v) is 2.81. The smallest absolute Gasteiger partial charge is 0.354 e. The molecule has 0 spiro atoms. The molecule has 5 nitrogen and oxygen atoms in total. The van der Waals surface area contributed by atoms with Crippen LogP contribution >= 0.6 is 0 Å². The Hall–Kier alpha value is -1.91. The lowest BCUT2D eigenvalue weighted by Gasteiger charge is -2.16. The minimum atomic E-state index is -1.12. The standard InChI is InChI=1S/C20H32N2O3/c1-3-4-5-6-7-8-9-10-11-12-16-22(2)19(23)17-14-13-15-18(21-17)20(24)25/h13-15H,3-12,16H2,1-2H3,(H,24,25). The van der Waals surface area contributed by atoms with E-state index >= 15 is 0 Å². The summed E-state index contributed by atoms with van der Waals surface area (Å²) in [6, 6.07) is 4.50. The molecule has 0 aromatic carbocycles. The summed E-state index contributed by atoms with van der Waals surface area (Å²) in [6.07, 6.45) is 12.6. The highest BCUT2D eigenvalue weighted by Crippen LogP contribution is 2.11. The zero-order chi connectivity index (χ0) is 18.5. The van der Waals surface area contributed by atoms with Gasteiger partial charge in [0, 0.05) is 13.6 Å². The quantitative estimate of drug-likeness (QED) is 0.521. The van der Waals surface area contributed by atoms with Gasteiger partial charge in [0.05, 0.1) is 0 Å². The lowest BCUT2D eigenvalue weighted by atomic mass is 10.1. The number of amides is 1. The first-order valence-electron chi connectivity index (χ1n) is 9.52. The molecule has 25 heavy (non-hydrogen) atoms. The summed E-state index contributed by atoms with van der Waals surface area (Å²) in [5.41, 5.74) is 0.0904. The van der Waals surface area contributed by atoms with Gasteiger partial charge in [-0.1, -0.05) is 70.8 Å². The maximum atomic E-state index is 12.3. The summed E-state index contributed by atoms with van der Waals surface area (Å²) in [7, 11) is 1.74. The molecule has 1 rings (SSSR count). The maximum Gasteiger partial charge on any atom is 0.354 e. The predicted molar refractivity (Wildman–Crippen MR) is 100 cm³/mol. The van der Waals surface area contributed by atoms with Crippen molar-refractivity contribution in [2.45, 2.75) is 71.1 Å². The second kappa shape index (κ2) is 12.5. The highest BCUT2D eigenvalue weighted by molar-refractivity contribution is 5.94. The fraction of sp³-hybridized carbons (Fsp3) is 0.650. The highest BCUT2D eigenvalue weighted by atomic mass is 16.4. The van der Waals surface area contributed by atoms with Gasteiger partial charge in [-0.3, -0.25) is 4.79 Å². The number of hydrogen-bond acceptors (Lipinski definition) is 3. The molecular weight excluding hydrogens is 316 g/mol. The summed E-state index contributed by atoms with van der Waals surface area (Å²) >= 11 is 0. The van der Waals surface area contributed by atoms with Crippen molar-refractivity contribution in [2.75, 3.05) is 13.6 Å². The van der Waals surface area contributed by atoms with E-state index in [0.29, 0.717) is 6.54 Å². The van der Waals surface area contributed by atoms with Crippen LogP contribution in [0.5, 0.6) is 0 Å². The average molecular weight is 348 g/mol. The summed E-state index contributed by atoms with van der Waals surface area (Å²) in [4.78, 5) is 28.7. The van der Waals surface area contributed by atoms with Crippen molar-refractivity contribution in [1.29, 1.82) is 0 Å². The van der Waals surface area contributed by atoms with Crippen LogP contribution in [0.15, 0.2) is 18.2 Å². The van der Waals surface area contributed by atoms with Gasteiger partial charge in [-0.25, -0.2) is 9.78 Å². The number of carbonyl (C=O) groups excluding carboxylic acids is 1. The number of hydrogen-bond donors (Lipinski definition) is 1. The first kappa shape index (κ1) is 21.1. The van der Waals surface area contributed by atoms with Crippen molar-refractivity contribution >= 4 is 11.9 Å². The molecule has 0 bridgehead atoms. The number of nitrogens with zero attached hydrogens (tertiary/aromatic N) is 2. The van der Waals surface area contributed by atoms with Crippen LogP contribution in [0.2, 0.25) is 0 Å². The monoisotopic (exact) mass is 348 g/mol. The number of rotatable bonds is 13. The second-order valence-corrected chi connectivity index (χ2v) is 6.62. The van der Waals surface area contributed by atoms with Crippen LogP contribution in [0, 0.1) is 0 Å². The first-order chi connectivity index (χ1) is 12.1. The van der Waals surface area contributed by atoms with Crippen molar-refractivity contribution < 1.29 is 14.7 Å². The molecule has 0 aliphatic carbocycles. The van der Waals surface area contributed by atoms with Crippen LogP contribution in [-0.4, -0.2) is 40.5 Å². The number of carbonyl (C=O) groups is 2. The third-order valence-electron chi connectivity index (χ3n) is 4.38. The van der Waals surface area contributed by atoms with Gasteiger partial charge in [0.1, 0.15) is 11.4 Å². The Bertz CT molecular complexity index is 531. The number of carboxylic acid groups (broad SMARTS) is 1. The van der Waals surface area contributed by atoms with E-state index in [1.165, 1.54) is 57.4 Å². The fourth-order valence-electron chi connectivity index (χ4n) is 2.81. The first-order valence-corrected chi connectivity index (χ1v) is 9.52. The van der Waals surface area contributed by atoms with Crippen LogP contribution in [0.4, 0.5) is 0 Å². The zero-order valence-electron chi connectivity index (χ0n) is 15.7. The van der Waals surface area contributed by atoms with E-state index in [-0.39, 0.29) is 17.3 Å². The summed E-state index contributed by atoms with van der Waals surface area (Å²) in [6.45, 7) is 2.91. The minimum Gasteiger partial charge on any atom is -0.477 e. The van der Waals surface area contributed by atoms with E-state index in [1.54, 1.807) is 24.1 Å². The lowest BCUT2D eigenvalue weighted by molar-refractivity contribution is 0.0690. The van der Waals surface area contributed by atoms with Crippen molar-refractivity contribution in [3.05, 3.63) is 29.6 Å². The molecule has 0 aliphatic rings. The topological polar surface area (TPSA) is 70.5 Å². The minimum absolute atomic E-state index is 0.0989. The van der Waals surface area contributed by atoms with Gasteiger partial charge in [0.2, 0.25) is 0 Å². The number of carboxylic acids is 1. The Kier molecular flexibility index (Phi) is 10.5. The van der Waals surface area contributed by atoms with Crippen LogP contribution in [0.3, 0.4) is 0 Å². The maximum absolute atomic E-state index is 12.3. The lowest BCUT2D eigenvalue weighted by Crippen LogP contribution is -2.28. The van der Waals surface area contributed by atoms with Crippen molar-refractivity contribution in [3.8, 4) is 0 Å². The van der Waals surface area contributed by atoms with Gasteiger partial charge in [-0.05, 0) is 18.6 Å². The van der Waals surface area contributed by atoms with Crippen molar-refractivity contribution in [1.82, 2.24) is 9.88 Å². The predicted octanol–water partition coefficient (Wildman–Crippen LogP) is 4.77. The summed E-state index contributed by atoms with van der Waals surface area (Å²) in [5.74, 6) is -1.34. The van der Waals surface area contributed by atoms with Gasteiger partial charge in [-0.2, -0.15) is 0 Å². The molecule has 0 aliphatic heterocycles. The zero-order valence-corrected chi connectivity index (χ0v) is 15.7. The van der Waals surface area contributed by atoms with E-state index < -0.39 is 5.97 Å². The van der Waals surface area contributed by atoms with Gasteiger partial charge >= 0.3 is 5.97 Å². The van der Waals surface area contributed by atoms with Gasteiger partial charge < -0.3 is 10.0 Å². The number of unbranched alkanes of at least 4 members (excludes halogenated alkanes) is 9. The van der Waals surface area contributed by atoms with Crippen LogP contribution < -0.4 is 0 Å². The van der Waals surface area contributed by atoms with Crippen molar-refractivity contribution in [3.63, 3.8) is 0 Å². The average Bonchev–Trinajstić information content (AvgIpc) is 2.62. The van der Waals surface area contributed by atoms with E-state index in [9.17, 15) is 9.59 Å². The molecule has 1 aromatic rings. The molecule has 1 aromatic heterocycles. The number of pyridine rings is 1. The SMILES string of the molecule is CCCCCCCCCCCCN(C)C(=O)c1cccc(C(=O)O)n1. The van der Waals surface area contributed by atoms with Gasteiger partial charge in [-0.15, -0.1) is 0 Å². The van der Waals surface area contributed by atoms with Crippen LogP contribution in [-0.2, 0) is 0 Å². The van der Waals surface area contributed by atoms with E-state index in [2.05, 4.69) is 11.9 Å². The van der Waals surface area contributed by atoms with Crippen LogP contribution in [0.25, 0.3) is 0 Å². The van der Waals surface area contributed by atoms with Crippen LogP contribution in [0.1, 0.15) is 92.1 Å². The molecule has 0 radical (unpaired) electrons. The Morgan fingerprint density at radius 3 is 2.00 bits per heavy atom. The summed E-state index contributed by atoms with van der Waals surface area (Å²) < 4.78 is 0. The summed E-state index contributed by atoms with van der Waals surface area (Å²) in [5, 5.41) is 8.95. The Morgan fingerprint density at radius 1 is 0.920 bits per heavy atom. The third-order valence-corrected chi connectivity index (χ3v) is 4.38. The normalized spacial score (nSPS) is 10.6. The molecule has 5 heteroatoms. The molecule has 0 saturated heterocycles. The molecular formula is C20H32N2O3. The largest absolute Gasteiger partial charge is 0.477 e. The second-order valence-electron chi connectivity index (χ2n) is 6.62. The van der Waals surface area contributed by atoms with E-state index in [0.717, 1.165) is 12.8 Å². The third kappa shape index (κ3) is 8.66. The molecule has 1 N–H and O–H groups in total. The molecule has 1 heterocycles. The Balaban J connectivity index is 2.17. The Morgan fingerprint density at radius 2 is 1.44 bits per heavy atom.